The van der Waals surface area contributed by atoms with Gasteiger partial charge in [-0.1, -0.05) is 6.92 Å². The van der Waals surface area contributed by atoms with Gasteiger partial charge in [0.1, 0.15) is 5.82 Å². The van der Waals surface area contributed by atoms with Gasteiger partial charge in [-0.25, -0.2) is 13.4 Å². The van der Waals surface area contributed by atoms with Crippen LogP contribution in [0.4, 0.5) is 11.5 Å². The lowest BCUT2D eigenvalue weighted by Crippen LogP contribution is -2.32. The van der Waals surface area contributed by atoms with Crippen molar-refractivity contribution in [2.75, 3.05) is 29.1 Å². The van der Waals surface area contributed by atoms with Gasteiger partial charge in [-0.05, 0) is 55.7 Å². The molecule has 0 aliphatic carbocycles. The fourth-order valence-corrected chi connectivity index (χ4v) is 3.93. The Bertz CT molecular complexity index is 873. The van der Waals surface area contributed by atoms with Crippen LogP contribution in [0.25, 0.3) is 0 Å². The van der Waals surface area contributed by atoms with Crippen LogP contribution in [0.3, 0.4) is 0 Å². The topological polar surface area (TPSA) is 79.4 Å². The SMILES string of the molecule is CCS(=O)(=O)c1ccc(NC(=O)c2cccnc2N2CCCCC2)cc1. The highest BCUT2D eigenvalue weighted by molar-refractivity contribution is 7.91. The van der Waals surface area contributed by atoms with Gasteiger partial charge in [0.05, 0.1) is 16.2 Å². The minimum absolute atomic E-state index is 0.0492. The Morgan fingerprint density at radius 3 is 2.46 bits per heavy atom. The van der Waals surface area contributed by atoms with Gasteiger partial charge in [0.15, 0.2) is 9.84 Å². The summed E-state index contributed by atoms with van der Waals surface area (Å²) in [6, 6.07) is 9.77. The molecule has 0 saturated carbocycles. The maximum Gasteiger partial charge on any atom is 0.259 e. The largest absolute Gasteiger partial charge is 0.356 e. The van der Waals surface area contributed by atoms with Gasteiger partial charge in [-0.2, -0.15) is 0 Å². The summed E-state index contributed by atoms with van der Waals surface area (Å²) in [5, 5.41) is 2.83. The molecular formula is C19H23N3O3S. The molecule has 0 radical (unpaired) electrons. The van der Waals surface area contributed by atoms with E-state index in [1.54, 1.807) is 37.4 Å². The van der Waals surface area contributed by atoms with Gasteiger partial charge in [0.2, 0.25) is 0 Å². The summed E-state index contributed by atoms with van der Waals surface area (Å²) in [4.78, 5) is 19.5. The third-order valence-electron chi connectivity index (χ3n) is 4.54. The third-order valence-corrected chi connectivity index (χ3v) is 6.29. The van der Waals surface area contributed by atoms with Crippen molar-refractivity contribution in [2.45, 2.75) is 31.1 Å². The molecule has 2 aromatic rings. The maximum atomic E-state index is 12.7. The summed E-state index contributed by atoms with van der Waals surface area (Å²) in [6.07, 6.45) is 5.11. The molecular weight excluding hydrogens is 350 g/mol. The number of pyridine rings is 1. The molecule has 1 fully saturated rings. The number of benzene rings is 1. The Balaban J connectivity index is 1.78. The lowest BCUT2D eigenvalue weighted by molar-refractivity contribution is 0.102. The summed E-state index contributed by atoms with van der Waals surface area (Å²) < 4.78 is 23.7. The van der Waals surface area contributed by atoms with E-state index in [9.17, 15) is 13.2 Å². The van der Waals surface area contributed by atoms with Crippen molar-refractivity contribution in [1.29, 1.82) is 0 Å². The Hall–Kier alpha value is -2.41. The maximum absolute atomic E-state index is 12.7. The average molecular weight is 373 g/mol. The van der Waals surface area contributed by atoms with Crippen molar-refractivity contribution in [3.63, 3.8) is 0 Å². The molecule has 1 aromatic heterocycles. The number of piperidine rings is 1. The minimum Gasteiger partial charge on any atom is -0.356 e. The zero-order valence-electron chi connectivity index (χ0n) is 14.8. The Kier molecular flexibility index (Phi) is 5.56. The highest BCUT2D eigenvalue weighted by atomic mass is 32.2. The van der Waals surface area contributed by atoms with Crippen LogP contribution in [0.1, 0.15) is 36.5 Å². The van der Waals surface area contributed by atoms with Gasteiger partial charge < -0.3 is 10.2 Å². The molecule has 0 atom stereocenters. The molecule has 138 valence electrons. The molecule has 0 spiro atoms. The van der Waals surface area contributed by atoms with Crippen LogP contribution in [0.15, 0.2) is 47.5 Å². The van der Waals surface area contributed by atoms with E-state index in [2.05, 4.69) is 15.2 Å². The molecule has 1 aromatic carbocycles. The molecule has 2 heterocycles. The summed E-state index contributed by atoms with van der Waals surface area (Å²) in [6.45, 7) is 3.41. The van der Waals surface area contributed by atoms with E-state index in [0.29, 0.717) is 17.1 Å². The molecule has 1 aliphatic heterocycles. The molecule has 3 rings (SSSR count). The number of hydrogen-bond acceptors (Lipinski definition) is 5. The van der Waals surface area contributed by atoms with E-state index in [0.717, 1.165) is 25.9 Å². The van der Waals surface area contributed by atoms with E-state index in [1.165, 1.54) is 18.6 Å². The van der Waals surface area contributed by atoms with Gasteiger partial charge in [0.25, 0.3) is 5.91 Å². The Morgan fingerprint density at radius 1 is 1.12 bits per heavy atom. The molecule has 7 heteroatoms. The number of carbonyl (C=O) groups is 1. The van der Waals surface area contributed by atoms with E-state index < -0.39 is 9.84 Å². The predicted octanol–water partition coefficient (Wildman–Crippen LogP) is 3.12. The van der Waals surface area contributed by atoms with E-state index in [4.69, 9.17) is 0 Å². The predicted molar refractivity (Wildman–Crippen MR) is 102 cm³/mol. The number of rotatable bonds is 5. The van der Waals surface area contributed by atoms with Crippen molar-refractivity contribution < 1.29 is 13.2 Å². The second-order valence-corrected chi connectivity index (χ2v) is 8.58. The number of nitrogens with zero attached hydrogens (tertiary/aromatic N) is 2. The van der Waals surface area contributed by atoms with Crippen LogP contribution in [-0.4, -0.2) is 38.2 Å². The molecule has 1 aliphatic rings. The van der Waals surface area contributed by atoms with E-state index in [-0.39, 0.29) is 16.6 Å². The summed E-state index contributed by atoms with van der Waals surface area (Å²) in [7, 11) is -3.25. The van der Waals surface area contributed by atoms with Crippen LogP contribution in [0.2, 0.25) is 0 Å². The summed E-state index contributed by atoms with van der Waals surface area (Å²) in [5.41, 5.74) is 1.08. The van der Waals surface area contributed by atoms with Crippen LogP contribution >= 0.6 is 0 Å². The fourth-order valence-electron chi connectivity index (χ4n) is 3.04. The highest BCUT2D eigenvalue weighted by Crippen LogP contribution is 2.23. The minimum atomic E-state index is -3.25. The number of amides is 1. The zero-order valence-corrected chi connectivity index (χ0v) is 15.6. The zero-order chi connectivity index (χ0) is 18.6. The molecule has 26 heavy (non-hydrogen) atoms. The Labute approximate surface area is 154 Å². The first kappa shape index (κ1) is 18.4. The van der Waals surface area contributed by atoms with Crippen LogP contribution in [0.5, 0.6) is 0 Å². The van der Waals surface area contributed by atoms with Crippen molar-refractivity contribution in [3.05, 3.63) is 48.2 Å². The molecule has 1 saturated heterocycles. The lowest BCUT2D eigenvalue weighted by atomic mass is 10.1. The molecule has 0 bridgehead atoms. The van der Waals surface area contributed by atoms with Gasteiger partial charge in [-0.3, -0.25) is 4.79 Å². The number of hydrogen-bond donors (Lipinski definition) is 1. The number of sulfone groups is 1. The second kappa shape index (κ2) is 7.86. The number of carbonyl (C=O) groups excluding carboxylic acids is 1. The first-order chi connectivity index (χ1) is 12.5. The van der Waals surface area contributed by atoms with Gasteiger partial charge in [0, 0.05) is 25.0 Å². The van der Waals surface area contributed by atoms with Gasteiger partial charge in [-0.15, -0.1) is 0 Å². The van der Waals surface area contributed by atoms with Crippen molar-refractivity contribution in [1.82, 2.24) is 4.98 Å². The third kappa shape index (κ3) is 4.04. The molecule has 0 unspecified atom stereocenters. The first-order valence-corrected chi connectivity index (χ1v) is 10.5. The first-order valence-electron chi connectivity index (χ1n) is 8.85. The highest BCUT2D eigenvalue weighted by Gasteiger charge is 2.20. The smallest absolute Gasteiger partial charge is 0.259 e. The van der Waals surface area contributed by atoms with Crippen molar-refractivity contribution in [2.24, 2.45) is 0 Å². The number of aromatic nitrogens is 1. The van der Waals surface area contributed by atoms with Gasteiger partial charge >= 0.3 is 0 Å². The Morgan fingerprint density at radius 2 is 1.81 bits per heavy atom. The second-order valence-electron chi connectivity index (χ2n) is 6.30. The van der Waals surface area contributed by atoms with E-state index in [1.807, 2.05) is 0 Å². The number of nitrogens with one attached hydrogen (secondary N) is 1. The van der Waals surface area contributed by atoms with Crippen molar-refractivity contribution in [3.8, 4) is 0 Å². The summed E-state index contributed by atoms with van der Waals surface area (Å²) in [5.74, 6) is 0.507. The number of anilines is 2. The van der Waals surface area contributed by atoms with Crippen LogP contribution in [-0.2, 0) is 9.84 Å². The molecule has 1 N–H and O–H groups in total. The average Bonchev–Trinajstić information content (AvgIpc) is 2.69. The summed E-state index contributed by atoms with van der Waals surface area (Å²) >= 11 is 0. The monoisotopic (exact) mass is 373 g/mol. The van der Waals surface area contributed by atoms with Crippen molar-refractivity contribution >= 4 is 27.2 Å². The lowest BCUT2D eigenvalue weighted by Gasteiger charge is -2.29. The van der Waals surface area contributed by atoms with Crippen LogP contribution < -0.4 is 10.2 Å². The molecule has 6 nitrogen and oxygen atoms in total. The van der Waals surface area contributed by atoms with Crippen LogP contribution in [0, 0.1) is 0 Å². The quantitative estimate of drug-likeness (QED) is 0.871. The fraction of sp³-hybridized carbons (Fsp3) is 0.368. The molecule has 1 amide bonds. The van der Waals surface area contributed by atoms with E-state index >= 15 is 0 Å². The normalized spacial score (nSPS) is 14.9. The standard InChI is InChI=1S/C19H23N3O3S/c1-2-26(24,25)16-10-8-15(9-11-16)21-19(23)17-7-6-12-20-18(17)22-13-4-3-5-14-22/h6-12H,2-5,13-14H2,1H3,(H,21,23).